The Morgan fingerprint density at radius 2 is 2.24 bits per heavy atom. The molecular weight excluding hydrogens is 214 g/mol. The first kappa shape index (κ1) is 13.9. The Kier molecular flexibility index (Phi) is 5.91. The molecule has 4 heteroatoms. The van der Waals surface area contributed by atoms with Gasteiger partial charge in [0, 0.05) is 24.5 Å². The summed E-state index contributed by atoms with van der Waals surface area (Å²) in [6, 6.07) is 2.44. The summed E-state index contributed by atoms with van der Waals surface area (Å²) in [5.74, 6) is 0. The maximum Gasteiger partial charge on any atom is 0.347 e. The zero-order valence-electron chi connectivity index (χ0n) is 11.1. The fraction of sp³-hybridized carbons (Fsp3) is 0.692. The summed E-state index contributed by atoms with van der Waals surface area (Å²) in [5, 5.41) is 3.44. The molecule has 4 nitrogen and oxygen atoms in total. The van der Waals surface area contributed by atoms with Crippen molar-refractivity contribution in [2.75, 3.05) is 6.54 Å². The van der Waals surface area contributed by atoms with Crippen molar-refractivity contribution >= 4 is 0 Å². The number of nitrogens with zero attached hydrogens (tertiary/aromatic N) is 2. The van der Waals surface area contributed by atoms with Gasteiger partial charge in [0.05, 0.1) is 0 Å². The number of hydrogen-bond donors (Lipinski definition) is 1. The van der Waals surface area contributed by atoms with Crippen LogP contribution >= 0.6 is 0 Å². The molecule has 0 radical (unpaired) electrons. The van der Waals surface area contributed by atoms with Crippen LogP contribution < -0.4 is 11.0 Å². The summed E-state index contributed by atoms with van der Waals surface area (Å²) >= 11 is 0. The van der Waals surface area contributed by atoms with Crippen molar-refractivity contribution in [1.82, 2.24) is 14.9 Å². The quantitative estimate of drug-likeness (QED) is 0.785. The Balaban J connectivity index is 2.42. The van der Waals surface area contributed by atoms with Gasteiger partial charge < -0.3 is 5.32 Å². The van der Waals surface area contributed by atoms with Gasteiger partial charge in [-0.3, -0.25) is 4.57 Å². The molecule has 1 N–H and O–H groups in total. The lowest BCUT2D eigenvalue weighted by Gasteiger charge is -2.15. The molecule has 0 amide bonds. The number of aryl methyl sites for hydroxylation is 2. The Morgan fingerprint density at radius 1 is 1.47 bits per heavy atom. The van der Waals surface area contributed by atoms with E-state index in [2.05, 4.69) is 24.1 Å². The Labute approximate surface area is 103 Å². The van der Waals surface area contributed by atoms with Gasteiger partial charge in [-0.15, -0.1) is 0 Å². The zero-order chi connectivity index (χ0) is 12.7. The van der Waals surface area contributed by atoms with Crippen molar-refractivity contribution in [3.63, 3.8) is 0 Å². The van der Waals surface area contributed by atoms with Crippen molar-refractivity contribution < 1.29 is 0 Å². The van der Waals surface area contributed by atoms with E-state index < -0.39 is 0 Å². The molecule has 0 saturated carbocycles. The second kappa shape index (κ2) is 7.22. The van der Waals surface area contributed by atoms with Crippen LogP contribution in [0.15, 0.2) is 17.1 Å². The molecule has 0 aliphatic rings. The van der Waals surface area contributed by atoms with Gasteiger partial charge in [-0.05, 0) is 38.8 Å². The first-order valence-corrected chi connectivity index (χ1v) is 6.44. The van der Waals surface area contributed by atoms with Crippen molar-refractivity contribution in [3.8, 4) is 0 Å². The maximum absolute atomic E-state index is 11.5. The summed E-state index contributed by atoms with van der Waals surface area (Å²) in [6.45, 7) is 7.91. The highest BCUT2D eigenvalue weighted by atomic mass is 16.1. The zero-order valence-corrected chi connectivity index (χ0v) is 11.1. The minimum Gasteiger partial charge on any atom is -0.314 e. The highest BCUT2D eigenvalue weighted by Crippen LogP contribution is 2.02. The van der Waals surface area contributed by atoms with Crippen LogP contribution in [0.3, 0.4) is 0 Å². The normalized spacial score (nSPS) is 12.6. The minimum absolute atomic E-state index is 0.138. The molecule has 0 aliphatic carbocycles. The fourth-order valence-corrected chi connectivity index (χ4v) is 1.93. The summed E-state index contributed by atoms with van der Waals surface area (Å²) in [5.41, 5.74) is 0.645. The molecule has 1 aromatic heterocycles. The highest BCUT2D eigenvalue weighted by Gasteiger charge is 2.04. The van der Waals surface area contributed by atoms with Crippen LogP contribution in [-0.4, -0.2) is 22.1 Å². The molecule has 0 spiro atoms. The van der Waals surface area contributed by atoms with E-state index in [1.165, 1.54) is 0 Å². The van der Waals surface area contributed by atoms with Crippen LogP contribution in [0.2, 0.25) is 0 Å². The van der Waals surface area contributed by atoms with Gasteiger partial charge in [-0.1, -0.05) is 13.8 Å². The average molecular weight is 237 g/mol. The first-order valence-electron chi connectivity index (χ1n) is 6.44. The van der Waals surface area contributed by atoms with Crippen molar-refractivity contribution in [3.05, 3.63) is 28.4 Å². The molecule has 0 aromatic carbocycles. The summed E-state index contributed by atoms with van der Waals surface area (Å²) < 4.78 is 1.69. The predicted octanol–water partition coefficient (Wildman–Crippen LogP) is 1.72. The molecule has 1 rings (SSSR count). The number of aromatic nitrogens is 2. The largest absolute Gasteiger partial charge is 0.347 e. The second-order valence-electron chi connectivity index (χ2n) is 4.35. The molecule has 1 heterocycles. The molecule has 0 aliphatic heterocycles. The number of rotatable bonds is 7. The fourth-order valence-electron chi connectivity index (χ4n) is 1.93. The number of nitrogens with one attached hydrogen (secondary N) is 1. The van der Waals surface area contributed by atoms with E-state index in [9.17, 15) is 4.79 Å². The van der Waals surface area contributed by atoms with Gasteiger partial charge in [-0.25, -0.2) is 4.79 Å². The third-order valence-corrected chi connectivity index (χ3v) is 2.95. The van der Waals surface area contributed by atoms with Gasteiger partial charge >= 0.3 is 5.69 Å². The first-order chi connectivity index (χ1) is 8.17. The Hall–Kier alpha value is -1.16. The lowest BCUT2D eigenvalue weighted by Crippen LogP contribution is -2.29. The molecule has 17 heavy (non-hydrogen) atoms. The van der Waals surface area contributed by atoms with Crippen LogP contribution in [-0.2, 0) is 6.54 Å². The Bertz CT molecular complexity index is 386. The van der Waals surface area contributed by atoms with Gasteiger partial charge in [0.15, 0.2) is 0 Å². The van der Waals surface area contributed by atoms with E-state index in [0.29, 0.717) is 6.04 Å². The lowest BCUT2D eigenvalue weighted by atomic mass is 10.1. The third kappa shape index (κ3) is 4.69. The maximum atomic E-state index is 11.5. The van der Waals surface area contributed by atoms with E-state index in [0.717, 1.165) is 38.0 Å². The van der Waals surface area contributed by atoms with Crippen molar-refractivity contribution in [2.24, 2.45) is 0 Å². The molecule has 1 unspecified atom stereocenters. The van der Waals surface area contributed by atoms with E-state index in [4.69, 9.17) is 0 Å². The summed E-state index contributed by atoms with van der Waals surface area (Å²) in [6.07, 6.45) is 5.08. The molecule has 96 valence electrons. The van der Waals surface area contributed by atoms with Gasteiger partial charge in [0.1, 0.15) is 0 Å². The molecule has 0 fully saturated rings. The third-order valence-electron chi connectivity index (χ3n) is 2.95. The monoisotopic (exact) mass is 237 g/mol. The molecule has 0 saturated heterocycles. The molecule has 0 bridgehead atoms. The van der Waals surface area contributed by atoms with E-state index in [1.807, 2.05) is 19.2 Å². The van der Waals surface area contributed by atoms with Gasteiger partial charge in [0.25, 0.3) is 0 Å². The average Bonchev–Trinajstić information content (AvgIpc) is 2.30. The van der Waals surface area contributed by atoms with Crippen molar-refractivity contribution in [2.45, 2.75) is 52.6 Å². The van der Waals surface area contributed by atoms with Crippen LogP contribution in [0.4, 0.5) is 0 Å². The second-order valence-corrected chi connectivity index (χ2v) is 4.35. The summed E-state index contributed by atoms with van der Waals surface area (Å²) in [7, 11) is 0. The Morgan fingerprint density at radius 3 is 2.82 bits per heavy atom. The SMILES string of the molecule is CCNC(CC)CCCn1ccc(C)nc1=O. The van der Waals surface area contributed by atoms with E-state index in [1.54, 1.807) is 4.57 Å². The predicted molar refractivity (Wildman–Crippen MR) is 70.2 cm³/mol. The van der Waals surface area contributed by atoms with Crippen molar-refractivity contribution in [1.29, 1.82) is 0 Å². The molecular formula is C13H23N3O. The van der Waals surface area contributed by atoms with Crippen LogP contribution in [0.5, 0.6) is 0 Å². The standard InChI is InChI=1S/C13H23N3O/c1-4-12(14-5-2)7-6-9-16-10-8-11(3)15-13(16)17/h8,10,12,14H,4-7,9H2,1-3H3. The molecule has 1 aromatic rings. The van der Waals surface area contributed by atoms with E-state index >= 15 is 0 Å². The van der Waals surface area contributed by atoms with Gasteiger partial charge in [-0.2, -0.15) is 4.98 Å². The highest BCUT2D eigenvalue weighted by molar-refractivity contribution is 4.95. The topological polar surface area (TPSA) is 46.9 Å². The van der Waals surface area contributed by atoms with E-state index in [-0.39, 0.29) is 5.69 Å². The lowest BCUT2D eigenvalue weighted by molar-refractivity contribution is 0.444. The minimum atomic E-state index is -0.138. The smallest absolute Gasteiger partial charge is 0.314 e. The number of hydrogen-bond acceptors (Lipinski definition) is 3. The summed E-state index contributed by atoms with van der Waals surface area (Å²) in [4.78, 5) is 15.5. The van der Waals surface area contributed by atoms with Crippen LogP contribution in [0, 0.1) is 6.92 Å². The van der Waals surface area contributed by atoms with Gasteiger partial charge in [0.2, 0.25) is 0 Å². The van der Waals surface area contributed by atoms with Crippen LogP contribution in [0.1, 0.15) is 38.8 Å². The van der Waals surface area contributed by atoms with Crippen LogP contribution in [0.25, 0.3) is 0 Å². The molecule has 1 atom stereocenters.